The monoisotopic (exact) mass is 442 g/mol. The molecule has 31 heavy (non-hydrogen) atoms. The molecule has 2 aromatic rings. The summed E-state index contributed by atoms with van der Waals surface area (Å²) in [6, 6.07) is 14.4. The van der Waals surface area contributed by atoms with Crippen molar-refractivity contribution in [3.63, 3.8) is 0 Å². The average molecular weight is 443 g/mol. The van der Waals surface area contributed by atoms with Crippen LogP contribution in [0.5, 0.6) is 0 Å². The number of benzene rings is 2. The standard InChI is InChI=1S/C25H34N2O3S/c1-18-13-15-27(16-14-18)31(29,30)23-8-6-7-21(17-23)24(28)26-19(2)20-9-11-22(12-10-20)25(3,4)5/h6-12,17-19H,13-16H2,1-5H3,(H,26,28)/t19-/m1/s1. The molecule has 168 valence electrons. The molecule has 1 heterocycles. The van der Waals surface area contributed by atoms with Crippen molar-refractivity contribution < 1.29 is 13.2 Å². The second kappa shape index (κ2) is 9.13. The van der Waals surface area contributed by atoms with Crippen molar-refractivity contribution in [2.75, 3.05) is 13.1 Å². The zero-order valence-electron chi connectivity index (χ0n) is 19.2. The SMILES string of the molecule is CC1CCN(S(=O)(=O)c2cccc(C(=O)N[C@H](C)c3ccc(C(C)(C)C)cc3)c2)CC1. The van der Waals surface area contributed by atoms with Crippen molar-refractivity contribution in [2.24, 2.45) is 5.92 Å². The van der Waals surface area contributed by atoms with Gasteiger partial charge in [-0.05, 0) is 60.4 Å². The first-order chi connectivity index (χ1) is 14.5. The van der Waals surface area contributed by atoms with Crippen LogP contribution < -0.4 is 5.32 Å². The maximum atomic E-state index is 13.0. The maximum absolute atomic E-state index is 13.0. The Morgan fingerprint density at radius 2 is 1.68 bits per heavy atom. The Labute approximate surface area is 186 Å². The number of amides is 1. The van der Waals surface area contributed by atoms with Crippen LogP contribution in [0, 0.1) is 5.92 Å². The summed E-state index contributed by atoms with van der Waals surface area (Å²) in [5.74, 6) is 0.263. The highest BCUT2D eigenvalue weighted by atomic mass is 32.2. The van der Waals surface area contributed by atoms with E-state index in [9.17, 15) is 13.2 Å². The molecule has 1 N–H and O–H groups in total. The fourth-order valence-corrected chi connectivity index (χ4v) is 5.32. The van der Waals surface area contributed by atoms with Gasteiger partial charge in [0, 0.05) is 18.7 Å². The molecule has 0 unspecified atom stereocenters. The molecule has 0 spiro atoms. The molecule has 1 aliphatic rings. The molecule has 3 rings (SSSR count). The first-order valence-electron chi connectivity index (χ1n) is 11.0. The Kier molecular flexibility index (Phi) is 6.92. The fraction of sp³-hybridized carbons (Fsp3) is 0.480. The van der Waals surface area contributed by atoms with E-state index in [4.69, 9.17) is 0 Å². The van der Waals surface area contributed by atoms with Gasteiger partial charge in [-0.2, -0.15) is 4.31 Å². The second-order valence-electron chi connectivity index (χ2n) is 9.68. The van der Waals surface area contributed by atoms with Gasteiger partial charge in [0.05, 0.1) is 10.9 Å². The molecule has 0 aliphatic carbocycles. The second-order valence-corrected chi connectivity index (χ2v) is 11.6. The Hall–Kier alpha value is -2.18. The van der Waals surface area contributed by atoms with E-state index >= 15 is 0 Å². The molecule has 0 aromatic heterocycles. The number of rotatable bonds is 5. The summed E-state index contributed by atoms with van der Waals surface area (Å²) < 4.78 is 27.6. The number of nitrogens with one attached hydrogen (secondary N) is 1. The van der Waals surface area contributed by atoms with Gasteiger partial charge in [-0.15, -0.1) is 0 Å². The first-order valence-corrected chi connectivity index (χ1v) is 12.4. The van der Waals surface area contributed by atoms with Gasteiger partial charge in [0.25, 0.3) is 5.91 Å². The molecule has 1 atom stereocenters. The Bertz CT molecular complexity index is 1020. The first kappa shape index (κ1) is 23.5. The van der Waals surface area contributed by atoms with Crippen molar-refractivity contribution >= 4 is 15.9 Å². The summed E-state index contributed by atoms with van der Waals surface area (Å²) in [5, 5.41) is 2.99. The van der Waals surface area contributed by atoms with Gasteiger partial charge in [0.1, 0.15) is 0 Å². The Morgan fingerprint density at radius 3 is 2.26 bits per heavy atom. The molecule has 1 fully saturated rings. The van der Waals surface area contributed by atoms with Crippen LogP contribution in [0.3, 0.4) is 0 Å². The minimum Gasteiger partial charge on any atom is -0.346 e. The Morgan fingerprint density at radius 1 is 1.06 bits per heavy atom. The molecule has 2 aromatic carbocycles. The molecule has 1 aliphatic heterocycles. The van der Waals surface area contributed by atoms with Crippen LogP contribution in [0.25, 0.3) is 0 Å². The quantitative estimate of drug-likeness (QED) is 0.716. The molecule has 1 saturated heterocycles. The lowest BCUT2D eigenvalue weighted by molar-refractivity contribution is 0.0939. The van der Waals surface area contributed by atoms with E-state index in [2.05, 4.69) is 45.1 Å². The predicted octanol–water partition coefficient (Wildman–Crippen LogP) is 4.90. The molecular formula is C25H34N2O3S. The highest BCUT2D eigenvalue weighted by Gasteiger charge is 2.28. The number of carbonyl (C=O) groups excluding carboxylic acids is 1. The van der Waals surface area contributed by atoms with Crippen molar-refractivity contribution in [3.8, 4) is 0 Å². The number of piperidine rings is 1. The molecule has 6 heteroatoms. The number of nitrogens with zero attached hydrogens (tertiary/aromatic N) is 1. The number of carbonyl (C=O) groups is 1. The number of hydrogen-bond donors (Lipinski definition) is 1. The van der Waals surface area contributed by atoms with Crippen LogP contribution >= 0.6 is 0 Å². The van der Waals surface area contributed by atoms with Gasteiger partial charge >= 0.3 is 0 Å². The van der Waals surface area contributed by atoms with Crippen molar-refractivity contribution in [1.29, 1.82) is 0 Å². The molecule has 0 bridgehead atoms. The van der Waals surface area contributed by atoms with E-state index in [0.29, 0.717) is 24.6 Å². The minimum atomic E-state index is -3.59. The topological polar surface area (TPSA) is 66.5 Å². The third kappa shape index (κ3) is 5.55. The van der Waals surface area contributed by atoms with Gasteiger partial charge in [0.2, 0.25) is 10.0 Å². The molecule has 0 radical (unpaired) electrons. The lowest BCUT2D eigenvalue weighted by Crippen LogP contribution is -2.38. The summed E-state index contributed by atoms with van der Waals surface area (Å²) in [5.41, 5.74) is 2.67. The summed E-state index contributed by atoms with van der Waals surface area (Å²) in [6.45, 7) is 11.6. The van der Waals surface area contributed by atoms with Crippen LogP contribution in [0.2, 0.25) is 0 Å². The van der Waals surface area contributed by atoms with E-state index in [0.717, 1.165) is 18.4 Å². The van der Waals surface area contributed by atoms with Crippen LogP contribution in [0.15, 0.2) is 53.4 Å². The van der Waals surface area contributed by atoms with Gasteiger partial charge in [-0.1, -0.05) is 58.0 Å². The van der Waals surface area contributed by atoms with Gasteiger partial charge in [0.15, 0.2) is 0 Å². The van der Waals surface area contributed by atoms with Crippen molar-refractivity contribution in [3.05, 3.63) is 65.2 Å². The fourth-order valence-electron chi connectivity index (χ4n) is 3.81. The zero-order valence-corrected chi connectivity index (χ0v) is 20.0. The maximum Gasteiger partial charge on any atom is 0.251 e. The van der Waals surface area contributed by atoms with Gasteiger partial charge in [-0.25, -0.2) is 8.42 Å². The van der Waals surface area contributed by atoms with Crippen molar-refractivity contribution in [1.82, 2.24) is 9.62 Å². The van der Waals surface area contributed by atoms with E-state index in [-0.39, 0.29) is 22.3 Å². The van der Waals surface area contributed by atoms with E-state index < -0.39 is 10.0 Å². The summed E-state index contributed by atoms with van der Waals surface area (Å²) in [7, 11) is -3.59. The summed E-state index contributed by atoms with van der Waals surface area (Å²) >= 11 is 0. The lowest BCUT2D eigenvalue weighted by atomic mass is 9.86. The summed E-state index contributed by atoms with van der Waals surface area (Å²) in [4.78, 5) is 13.0. The number of sulfonamides is 1. The van der Waals surface area contributed by atoms with Crippen LogP contribution in [-0.4, -0.2) is 31.7 Å². The Balaban J connectivity index is 1.72. The van der Waals surface area contributed by atoms with Crippen LogP contribution in [0.4, 0.5) is 0 Å². The van der Waals surface area contributed by atoms with Gasteiger partial charge in [-0.3, -0.25) is 4.79 Å². The third-order valence-corrected chi connectivity index (χ3v) is 8.00. The van der Waals surface area contributed by atoms with Crippen LogP contribution in [0.1, 0.15) is 75.0 Å². The average Bonchev–Trinajstić information content (AvgIpc) is 2.73. The molecular weight excluding hydrogens is 408 g/mol. The van der Waals surface area contributed by atoms with E-state index in [1.165, 1.54) is 15.9 Å². The normalized spacial score (nSPS) is 17.3. The molecule has 0 saturated carbocycles. The molecule has 1 amide bonds. The highest BCUT2D eigenvalue weighted by molar-refractivity contribution is 7.89. The number of hydrogen-bond acceptors (Lipinski definition) is 3. The van der Waals surface area contributed by atoms with E-state index in [1.807, 2.05) is 19.1 Å². The van der Waals surface area contributed by atoms with Crippen LogP contribution in [-0.2, 0) is 15.4 Å². The smallest absolute Gasteiger partial charge is 0.251 e. The third-order valence-electron chi connectivity index (χ3n) is 6.10. The van der Waals surface area contributed by atoms with E-state index in [1.54, 1.807) is 18.2 Å². The van der Waals surface area contributed by atoms with Crippen molar-refractivity contribution in [2.45, 2.75) is 63.8 Å². The molecule has 5 nitrogen and oxygen atoms in total. The zero-order chi connectivity index (χ0) is 22.8. The minimum absolute atomic E-state index is 0.0728. The highest BCUT2D eigenvalue weighted by Crippen LogP contribution is 2.25. The predicted molar refractivity (Wildman–Crippen MR) is 125 cm³/mol. The summed E-state index contributed by atoms with van der Waals surface area (Å²) in [6.07, 6.45) is 1.73. The largest absolute Gasteiger partial charge is 0.346 e. The lowest BCUT2D eigenvalue weighted by Gasteiger charge is -2.29. The van der Waals surface area contributed by atoms with Gasteiger partial charge < -0.3 is 5.32 Å².